The SMILES string of the molecule is CC(C)O.CC(C)O.CC(C)O.[CH3][Ga]([CH3])[O]c1c(C=N[C@@H]2CCCC[C@H]2N=Cc2cc(C(C)(C)C)cc(C(C)(C)C)c2O)cc(C(C)(C)C)cc1C(C)(C)C.[Ti]. The Morgan fingerprint density at radius 2 is 0.911 bits per heavy atom. The molecule has 0 spiro atoms. The van der Waals surface area contributed by atoms with Crippen LogP contribution < -0.4 is 3.53 Å². The van der Waals surface area contributed by atoms with Gasteiger partial charge in [-0.15, -0.1) is 0 Å². The first-order chi connectivity index (χ1) is 24.8. The molecular weight excluding hydrogens is 790 g/mol. The van der Waals surface area contributed by atoms with Crippen LogP contribution in [-0.4, -0.2) is 79.8 Å². The molecule has 0 aliphatic heterocycles. The molecule has 318 valence electrons. The van der Waals surface area contributed by atoms with Crippen LogP contribution in [0.3, 0.4) is 0 Å². The quantitative estimate of drug-likeness (QED) is 0.170. The molecule has 2 aromatic rings. The Morgan fingerprint density at radius 3 is 1.23 bits per heavy atom. The number of benzene rings is 2. The van der Waals surface area contributed by atoms with E-state index < -0.39 is 16.6 Å². The van der Waals surface area contributed by atoms with Gasteiger partial charge in [0.1, 0.15) is 0 Å². The van der Waals surface area contributed by atoms with Crippen molar-refractivity contribution in [2.45, 2.75) is 213 Å². The Hall–Kier alpha value is -1.39. The van der Waals surface area contributed by atoms with Gasteiger partial charge in [0.15, 0.2) is 0 Å². The molecule has 3 rings (SSSR count). The molecule has 0 amide bonds. The number of phenols is 1. The molecule has 2 atom stereocenters. The van der Waals surface area contributed by atoms with Gasteiger partial charge in [-0.2, -0.15) is 0 Å². The summed E-state index contributed by atoms with van der Waals surface area (Å²) in [7, 11) is 0. The van der Waals surface area contributed by atoms with E-state index in [4.69, 9.17) is 28.8 Å². The fourth-order valence-corrected chi connectivity index (χ4v) is 7.20. The van der Waals surface area contributed by atoms with Gasteiger partial charge in [0, 0.05) is 40.0 Å². The Kier molecular flexibility index (Phi) is 24.9. The van der Waals surface area contributed by atoms with Gasteiger partial charge in [-0.3, -0.25) is 0 Å². The maximum absolute atomic E-state index is 11.3. The van der Waals surface area contributed by atoms with Crippen molar-refractivity contribution < 1.29 is 45.7 Å². The Labute approximate surface area is 365 Å². The first-order valence-electron chi connectivity index (χ1n) is 20.6. The standard InChI is InChI=1S/C36H54N2O2.3C3H8O.2CH3.Ga.Ti/c1-33(2,3)25-17-23(31(39)27(19-25)35(7,8)9)21-37-29-15-13-14-16-30(29)38-22-24-18-26(34(4,5)6)20-28(32(24)40)36(10,11)12;3*1-3(2)4;;;;/h17-22,29-30,39-40H,13-16H2,1-12H3;3*3-4H,1-2H3;2*1H3;;/q;;;;;;+1;/p-1/t29-,30-;;;;;;;/m1......./s1. The average molecular weight is 874 g/mol. The number of hydrogen-bond donors (Lipinski definition) is 4. The van der Waals surface area contributed by atoms with Crippen molar-refractivity contribution in [2.24, 2.45) is 9.98 Å². The molecule has 1 saturated carbocycles. The first kappa shape index (κ1) is 56.7. The van der Waals surface area contributed by atoms with E-state index in [0.29, 0.717) is 5.75 Å². The van der Waals surface area contributed by atoms with Crippen LogP contribution >= 0.6 is 0 Å². The zero-order valence-corrected chi connectivity index (χ0v) is 43.3. The van der Waals surface area contributed by atoms with Crippen LogP contribution in [0.25, 0.3) is 0 Å². The maximum atomic E-state index is 11.3. The zero-order valence-electron chi connectivity index (χ0n) is 39.3. The summed E-state index contributed by atoms with van der Waals surface area (Å²) in [6.07, 6.45) is 7.83. The molecule has 4 N–H and O–H groups in total. The van der Waals surface area contributed by atoms with E-state index in [2.05, 4.69) is 125 Å². The largest absolute Gasteiger partial charge is 0 e. The van der Waals surface area contributed by atoms with Crippen molar-refractivity contribution in [3.05, 3.63) is 57.6 Å². The molecule has 0 unspecified atom stereocenters. The summed E-state index contributed by atoms with van der Waals surface area (Å²) in [6, 6.07) is 9.12. The second-order valence-corrected chi connectivity index (χ2v) is 25.2. The third-order valence-electron chi connectivity index (χ3n) is 8.46. The van der Waals surface area contributed by atoms with Gasteiger partial charge in [0.25, 0.3) is 0 Å². The van der Waals surface area contributed by atoms with Gasteiger partial charge in [-0.1, -0.05) is 47.6 Å². The van der Waals surface area contributed by atoms with Gasteiger partial charge < -0.3 is 15.3 Å². The second-order valence-electron chi connectivity index (χ2n) is 20.3. The first-order valence-corrected chi connectivity index (χ1v) is 26.5. The van der Waals surface area contributed by atoms with Crippen molar-refractivity contribution in [3.8, 4) is 11.5 Å². The molecule has 56 heavy (non-hydrogen) atoms. The number of aromatic hydroxyl groups is 1. The van der Waals surface area contributed by atoms with Crippen LogP contribution in [0.4, 0.5) is 0 Å². The second kappa shape index (κ2) is 24.6. The van der Waals surface area contributed by atoms with Crippen LogP contribution in [0.5, 0.6) is 11.5 Å². The van der Waals surface area contributed by atoms with E-state index in [-0.39, 0.29) is 73.8 Å². The van der Waals surface area contributed by atoms with Crippen molar-refractivity contribution in [2.75, 3.05) is 0 Å². The number of aliphatic imine (C=N–C) groups is 2. The third kappa shape index (κ3) is 22.1. The number of hydrogen-bond acceptors (Lipinski definition) is 7. The summed E-state index contributed by atoms with van der Waals surface area (Å²) in [5.74, 6) is 1.36. The molecule has 1 aliphatic carbocycles. The minimum Gasteiger partial charge on any atom is 0 e. The van der Waals surface area contributed by atoms with Crippen LogP contribution in [0, 0.1) is 0 Å². The van der Waals surface area contributed by atoms with Crippen LogP contribution in [-0.2, 0) is 43.4 Å². The fraction of sp³-hybridized carbons (Fsp3) is 0.702. The Bertz CT molecular complexity index is 1470. The van der Waals surface area contributed by atoms with Gasteiger partial charge in [0.2, 0.25) is 0 Å². The van der Waals surface area contributed by atoms with E-state index in [9.17, 15) is 5.11 Å². The van der Waals surface area contributed by atoms with Gasteiger partial charge in [-0.05, 0) is 52.4 Å². The normalized spacial score (nSPS) is 16.5. The van der Waals surface area contributed by atoms with E-state index in [1.54, 1.807) is 41.5 Å². The summed E-state index contributed by atoms with van der Waals surface area (Å²) in [4.78, 5) is 10.4. The molecule has 0 bridgehead atoms. The van der Waals surface area contributed by atoms with Gasteiger partial charge in [0.05, 0.1) is 0 Å². The Balaban J connectivity index is 0. The summed E-state index contributed by atoms with van der Waals surface area (Å²) in [5, 5.41) is 35.5. The maximum Gasteiger partial charge on any atom is 0 e. The van der Waals surface area contributed by atoms with Crippen LogP contribution in [0.2, 0.25) is 11.0 Å². The molecule has 2 aromatic carbocycles. The van der Waals surface area contributed by atoms with Crippen molar-refractivity contribution in [3.63, 3.8) is 0 Å². The third-order valence-corrected chi connectivity index (χ3v) is 9.95. The number of nitrogens with zero attached hydrogens (tertiary/aromatic N) is 2. The minimum atomic E-state index is -1.84. The van der Waals surface area contributed by atoms with Crippen molar-refractivity contribution in [1.82, 2.24) is 0 Å². The topological polar surface area (TPSA) is 115 Å². The summed E-state index contributed by atoms with van der Waals surface area (Å²) in [5.41, 5.74) is 11.0. The monoisotopic (exact) mass is 873 g/mol. The Morgan fingerprint density at radius 1 is 0.589 bits per heavy atom. The molecule has 0 heterocycles. The van der Waals surface area contributed by atoms with E-state index in [1.807, 2.05) is 6.21 Å². The predicted molar refractivity (Wildman–Crippen MR) is 241 cm³/mol. The zero-order chi connectivity index (χ0) is 43.3. The molecule has 0 radical (unpaired) electrons. The van der Waals surface area contributed by atoms with E-state index >= 15 is 0 Å². The average Bonchev–Trinajstić information content (AvgIpc) is 2.97. The molecule has 1 aliphatic rings. The summed E-state index contributed by atoms with van der Waals surface area (Å²) in [6.45, 7) is 37.1. The summed E-state index contributed by atoms with van der Waals surface area (Å²) < 4.78 is 6.67. The van der Waals surface area contributed by atoms with Crippen LogP contribution in [0.15, 0.2) is 34.3 Å². The molecule has 9 heteroatoms. The minimum absolute atomic E-state index is 0. The molecular formula is C47H83GaN2O5Ti. The van der Waals surface area contributed by atoms with E-state index in [1.165, 1.54) is 16.7 Å². The summed E-state index contributed by atoms with van der Waals surface area (Å²) >= 11 is -1.84. The number of phenolic OH excluding ortho intramolecular Hbond substituents is 1. The fourth-order valence-electron chi connectivity index (χ4n) is 5.66. The number of aliphatic hydroxyl groups is 3. The smallest absolute Gasteiger partial charge is 0 e. The number of aliphatic hydroxyl groups excluding tert-OH is 3. The molecule has 0 saturated heterocycles. The molecule has 7 nitrogen and oxygen atoms in total. The van der Waals surface area contributed by atoms with E-state index in [0.717, 1.165) is 48.1 Å². The van der Waals surface area contributed by atoms with Gasteiger partial charge >= 0.3 is 212 Å². The molecule has 1 fully saturated rings. The van der Waals surface area contributed by atoms with Crippen LogP contribution in [0.1, 0.15) is 184 Å². The number of rotatable bonds is 6. The molecule has 0 aromatic heterocycles. The van der Waals surface area contributed by atoms with Gasteiger partial charge in [-0.25, -0.2) is 0 Å². The van der Waals surface area contributed by atoms with Crippen molar-refractivity contribution >= 4 is 29.0 Å². The van der Waals surface area contributed by atoms with Crippen molar-refractivity contribution in [1.29, 1.82) is 0 Å². The predicted octanol–water partition coefficient (Wildman–Crippen LogP) is 11.2.